The minimum atomic E-state index is -3.54. The van der Waals surface area contributed by atoms with E-state index in [1.165, 1.54) is 14.8 Å². The van der Waals surface area contributed by atoms with Crippen molar-refractivity contribution in [3.63, 3.8) is 0 Å². The zero-order chi connectivity index (χ0) is 20.6. The number of sulfonamides is 1. The summed E-state index contributed by atoms with van der Waals surface area (Å²) in [5.74, 6) is -0.231. The quantitative estimate of drug-likeness (QED) is 0.779. The highest BCUT2D eigenvalue weighted by Gasteiger charge is 2.36. The minimum Gasteiger partial charge on any atom is -0.336 e. The topological polar surface area (TPSA) is 90.0 Å². The number of hydrogen-bond donors (Lipinski definition) is 1. The van der Waals surface area contributed by atoms with Crippen molar-refractivity contribution in [2.45, 2.75) is 43.5 Å². The van der Waals surface area contributed by atoms with Crippen molar-refractivity contribution in [2.75, 3.05) is 39.3 Å². The molecule has 3 aliphatic rings. The summed E-state index contributed by atoms with van der Waals surface area (Å²) in [7, 11) is -3.54. The smallest absolute Gasteiger partial charge is 0.324 e. The molecule has 0 unspecified atom stereocenters. The van der Waals surface area contributed by atoms with Gasteiger partial charge in [0.15, 0.2) is 0 Å². The normalized spacial score (nSPS) is 22.2. The molecule has 2 saturated heterocycles. The van der Waals surface area contributed by atoms with Crippen molar-refractivity contribution >= 4 is 22.0 Å². The van der Waals surface area contributed by atoms with Crippen molar-refractivity contribution in [1.29, 1.82) is 0 Å². The molecule has 0 bridgehead atoms. The highest BCUT2D eigenvalue weighted by atomic mass is 32.2. The Bertz CT molecular complexity index is 909. The number of imide groups is 1. The number of nitrogens with one attached hydrogen (secondary N) is 1. The molecule has 29 heavy (non-hydrogen) atoms. The van der Waals surface area contributed by atoms with Gasteiger partial charge in [-0.05, 0) is 55.9 Å². The van der Waals surface area contributed by atoms with Gasteiger partial charge in [0.1, 0.15) is 0 Å². The summed E-state index contributed by atoms with van der Waals surface area (Å²) in [5, 5.41) is 2.64. The zero-order valence-corrected chi connectivity index (χ0v) is 17.6. The number of amides is 3. The lowest BCUT2D eigenvalue weighted by atomic mass is 9.92. The third kappa shape index (κ3) is 3.91. The molecule has 0 saturated carbocycles. The largest absolute Gasteiger partial charge is 0.336 e. The van der Waals surface area contributed by atoms with Crippen LogP contribution in [0.4, 0.5) is 4.79 Å². The summed E-state index contributed by atoms with van der Waals surface area (Å²) in [6.07, 6.45) is 4.23. The Morgan fingerprint density at radius 1 is 1.03 bits per heavy atom. The molecule has 1 atom stereocenters. The van der Waals surface area contributed by atoms with Crippen molar-refractivity contribution in [3.05, 3.63) is 29.3 Å². The third-order valence-electron chi connectivity index (χ3n) is 6.26. The van der Waals surface area contributed by atoms with E-state index in [-0.39, 0.29) is 11.9 Å². The van der Waals surface area contributed by atoms with Gasteiger partial charge in [-0.3, -0.25) is 14.6 Å². The molecule has 2 heterocycles. The molecule has 3 amide bonds. The fourth-order valence-corrected chi connectivity index (χ4v) is 5.89. The van der Waals surface area contributed by atoms with Crippen LogP contribution < -0.4 is 5.32 Å². The SMILES string of the molecule is C[C@H](C(=O)N1CCNC1=O)N1CCN(S(=O)(=O)c2ccc3c(c2)CCCC3)CC1. The first kappa shape index (κ1) is 20.3. The Balaban J connectivity index is 1.41. The zero-order valence-electron chi connectivity index (χ0n) is 16.8. The van der Waals surface area contributed by atoms with Crippen LogP contribution in [0, 0.1) is 0 Å². The van der Waals surface area contributed by atoms with Crippen LogP contribution in [-0.2, 0) is 27.7 Å². The van der Waals surface area contributed by atoms with E-state index >= 15 is 0 Å². The second-order valence-corrected chi connectivity index (χ2v) is 9.91. The lowest BCUT2D eigenvalue weighted by Crippen LogP contribution is -2.55. The lowest BCUT2D eigenvalue weighted by Gasteiger charge is -2.37. The molecule has 1 aliphatic carbocycles. The Kier molecular flexibility index (Phi) is 5.63. The van der Waals surface area contributed by atoms with Crippen LogP contribution >= 0.6 is 0 Å². The highest BCUT2D eigenvalue weighted by Crippen LogP contribution is 2.26. The molecule has 4 rings (SSSR count). The summed E-state index contributed by atoms with van der Waals surface area (Å²) < 4.78 is 27.7. The van der Waals surface area contributed by atoms with Crippen LogP contribution in [0.15, 0.2) is 23.1 Å². The van der Waals surface area contributed by atoms with E-state index in [9.17, 15) is 18.0 Å². The van der Waals surface area contributed by atoms with Crippen molar-refractivity contribution in [2.24, 2.45) is 0 Å². The van der Waals surface area contributed by atoms with E-state index in [1.807, 2.05) is 17.0 Å². The molecule has 0 spiro atoms. The first-order valence-electron chi connectivity index (χ1n) is 10.3. The van der Waals surface area contributed by atoms with Gasteiger partial charge in [0.25, 0.3) is 0 Å². The Labute approximate surface area is 171 Å². The molecule has 158 valence electrons. The molecule has 9 heteroatoms. The fraction of sp³-hybridized carbons (Fsp3) is 0.600. The second-order valence-electron chi connectivity index (χ2n) is 7.98. The van der Waals surface area contributed by atoms with Crippen molar-refractivity contribution < 1.29 is 18.0 Å². The molecule has 2 fully saturated rings. The van der Waals surface area contributed by atoms with E-state index < -0.39 is 16.1 Å². The second kappa shape index (κ2) is 8.04. The molecule has 1 aromatic carbocycles. The van der Waals surface area contributed by atoms with Crippen LogP contribution in [-0.4, -0.2) is 79.8 Å². The van der Waals surface area contributed by atoms with E-state index in [4.69, 9.17) is 0 Å². The molecule has 1 N–H and O–H groups in total. The van der Waals surface area contributed by atoms with Crippen LogP contribution in [0.5, 0.6) is 0 Å². The molecule has 2 aliphatic heterocycles. The fourth-order valence-electron chi connectivity index (χ4n) is 4.41. The highest BCUT2D eigenvalue weighted by molar-refractivity contribution is 7.89. The molecule has 8 nitrogen and oxygen atoms in total. The molecule has 1 aromatic rings. The van der Waals surface area contributed by atoms with E-state index in [0.29, 0.717) is 44.2 Å². The number of rotatable bonds is 4. The van der Waals surface area contributed by atoms with Crippen LogP contribution in [0.1, 0.15) is 30.9 Å². The average molecular weight is 421 g/mol. The van der Waals surface area contributed by atoms with Gasteiger partial charge in [-0.2, -0.15) is 4.31 Å². The number of carbonyl (C=O) groups excluding carboxylic acids is 2. The van der Waals surface area contributed by atoms with Gasteiger partial charge < -0.3 is 5.32 Å². The van der Waals surface area contributed by atoms with Gasteiger partial charge in [-0.25, -0.2) is 13.2 Å². The summed E-state index contributed by atoms with van der Waals surface area (Å²) >= 11 is 0. The Morgan fingerprint density at radius 3 is 2.38 bits per heavy atom. The molecule has 0 radical (unpaired) electrons. The molecular weight excluding hydrogens is 392 g/mol. The number of piperazine rings is 1. The van der Waals surface area contributed by atoms with Gasteiger partial charge in [-0.15, -0.1) is 0 Å². The van der Waals surface area contributed by atoms with E-state index in [2.05, 4.69) is 5.32 Å². The van der Waals surface area contributed by atoms with E-state index in [0.717, 1.165) is 31.2 Å². The maximum absolute atomic E-state index is 13.1. The van der Waals surface area contributed by atoms with Gasteiger partial charge in [0.2, 0.25) is 15.9 Å². The predicted molar refractivity (Wildman–Crippen MR) is 108 cm³/mol. The Morgan fingerprint density at radius 2 is 1.72 bits per heavy atom. The van der Waals surface area contributed by atoms with E-state index in [1.54, 1.807) is 13.0 Å². The summed E-state index contributed by atoms with van der Waals surface area (Å²) in [6.45, 7) is 4.24. The van der Waals surface area contributed by atoms with Gasteiger partial charge in [-0.1, -0.05) is 6.07 Å². The summed E-state index contributed by atoms with van der Waals surface area (Å²) in [4.78, 5) is 27.9. The van der Waals surface area contributed by atoms with Crippen LogP contribution in [0.25, 0.3) is 0 Å². The standard InChI is InChI=1S/C20H28N4O4S/c1-15(19(25)24-9-8-21-20(24)26)22-10-12-23(13-11-22)29(27,28)18-7-6-16-4-2-3-5-17(16)14-18/h6-7,14-15H,2-5,8-13H2,1H3,(H,21,26)/t15-/m1/s1. The van der Waals surface area contributed by atoms with Crippen molar-refractivity contribution in [1.82, 2.24) is 19.4 Å². The van der Waals surface area contributed by atoms with Gasteiger partial charge in [0, 0.05) is 39.3 Å². The van der Waals surface area contributed by atoms with Gasteiger partial charge in [0.05, 0.1) is 10.9 Å². The number of hydrogen-bond acceptors (Lipinski definition) is 5. The number of benzene rings is 1. The number of fused-ring (bicyclic) bond motifs is 1. The first-order valence-corrected chi connectivity index (χ1v) is 11.8. The first-order chi connectivity index (χ1) is 13.9. The summed E-state index contributed by atoms with van der Waals surface area (Å²) in [6, 6.07) is 4.72. The average Bonchev–Trinajstić information content (AvgIpc) is 3.18. The number of aryl methyl sites for hydroxylation is 2. The van der Waals surface area contributed by atoms with Gasteiger partial charge >= 0.3 is 6.03 Å². The molecular formula is C20H28N4O4S. The molecule has 0 aromatic heterocycles. The predicted octanol–water partition coefficient (Wildman–Crippen LogP) is 0.812. The maximum Gasteiger partial charge on any atom is 0.324 e. The van der Waals surface area contributed by atoms with Crippen LogP contribution in [0.2, 0.25) is 0 Å². The monoisotopic (exact) mass is 420 g/mol. The summed E-state index contributed by atoms with van der Waals surface area (Å²) in [5.41, 5.74) is 2.41. The van der Waals surface area contributed by atoms with Crippen LogP contribution in [0.3, 0.4) is 0 Å². The Hall–Kier alpha value is -1.97. The number of urea groups is 1. The third-order valence-corrected chi connectivity index (χ3v) is 8.15. The van der Waals surface area contributed by atoms with Crippen molar-refractivity contribution in [3.8, 4) is 0 Å². The lowest BCUT2D eigenvalue weighted by molar-refractivity contribution is -0.133. The maximum atomic E-state index is 13.1. The minimum absolute atomic E-state index is 0.231. The number of carbonyl (C=O) groups is 2. The number of nitrogens with zero attached hydrogens (tertiary/aromatic N) is 3.